The van der Waals surface area contributed by atoms with Gasteiger partial charge in [0.1, 0.15) is 5.60 Å². The van der Waals surface area contributed by atoms with Crippen LogP contribution in [0, 0.1) is 0 Å². The molecule has 35 heavy (non-hydrogen) atoms. The van der Waals surface area contributed by atoms with Gasteiger partial charge in [-0.2, -0.15) is 4.98 Å². The predicted octanol–water partition coefficient (Wildman–Crippen LogP) is 1.97. The molecule has 2 aromatic heterocycles. The number of morpholine rings is 1. The number of alkyl carbamates (subject to hydrolysis) is 1. The van der Waals surface area contributed by atoms with Crippen LogP contribution in [-0.2, 0) is 26.2 Å². The lowest BCUT2D eigenvalue weighted by atomic mass is 9.60. The highest BCUT2D eigenvalue weighted by Gasteiger charge is 2.69. The highest BCUT2D eigenvalue weighted by molar-refractivity contribution is 5.67. The zero-order valence-electron chi connectivity index (χ0n) is 20.7. The molecule has 2 aromatic rings. The van der Waals surface area contributed by atoms with E-state index >= 15 is 0 Å². The zero-order chi connectivity index (χ0) is 24.8. The Morgan fingerprint density at radius 2 is 2.06 bits per heavy atom. The van der Waals surface area contributed by atoms with E-state index in [9.17, 15) is 9.59 Å². The topological polar surface area (TPSA) is 132 Å². The number of H-pyrrole nitrogens is 1. The molecule has 3 saturated heterocycles. The van der Waals surface area contributed by atoms with Crippen molar-refractivity contribution in [2.45, 2.75) is 69.8 Å². The second-order valence-electron chi connectivity index (χ2n) is 10.9. The van der Waals surface area contributed by atoms with Crippen molar-refractivity contribution in [1.82, 2.24) is 25.3 Å². The lowest BCUT2D eigenvalue weighted by molar-refractivity contribution is -0.0236. The molecule has 1 unspecified atom stereocenters. The van der Waals surface area contributed by atoms with Gasteiger partial charge in [-0.05, 0) is 52.2 Å². The molecule has 1 atom stereocenters. The normalized spacial score (nSPS) is 28.5. The van der Waals surface area contributed by atoms with Gasteiger partial charge in [-0.15, -0.1) is 0 Å². The summed E-state index contributed by atoms with van der Waals surface area (Å²) in [5, 5.41) is 6.95. The summed E-state index contributed by atoms with van der Waals surface area (Å²) in [6.45, 7) is 11.6. The van der Waals surface area contributed by atoms with Crippen molar-refractivity contribution < 1.29 is 23.5 Å². The molecule has 11 heteroatoms. The summed E-state index contributed by atoms with van der Waals surface area (Å²) in [7, 11) is 0. The molecule has 2 bridgehead atoms. The molecule has 4 aliphatic rings. The molecule has 1 aliphatic carbocycles. The van der Waals surface area contributed by atoms with Crippen molar-refractivity contribution in [2.75, 3.05) is 32.8 Å². The Balaban J connectivity index is 1.28. The van der Waals surface area contributed by atoms with Crippen molar-refractivity contribution in [3.8, 4) is 11.4 Å². The van der Waals surface area contributed by atoms with Crippen LogP contribution in [0.25, 0.3) is 11.4 Å². The summed E-state index contributed by atoms with van der Waals surface area (Å²) in [6, 6.07) is 1.82. The summed E-state index contributed by atoms with van der Waals surface area (Å²) >= 11 is 0. The van der Waals surface area contributed by atoms with E-state index < -0.39 is 22.7 Å². The second kappa shape index (κ2) is 8.72. The van der Waals surface area contributed by atoms with Crippen molar-refractivity contribution in [3.05, 3.63) is 34.1 Å². The number of aromatic nitrogens is 3. The molecule has 0 aromatic carbocycles. The number of nitrogens with zero attached hydrogens (tertiary/aromatic N) is 3. The molecule has 1 saturated carbocycles. The van der Waals surface area contributed by atoms with Gasteiger partial charge in [-0.25, -0.2) is 4.79 Å². The molecular formula is C24H33N5O6. The van der Waals surface area contributed by atoms with E-state index in [1.54, 1.807) is 6.20 Å². The van der Waals surface area contributed by atoms with Crippen molar-refractivity contribution in [2.24, 2.45) is 0 Å². The number of hydrogen-bond donors (Lipinski definition) is 2. The molecule has 0 radical (unpaired) electrons. The Hall–Kier alpha value is -2.76. The Kier molecular flexibility index (Phi) is 5.97. The minimum atomic E-state index is -0.563. The van der Waals surface area contributed by atoms with Gasteiger partial charge in [0.25, 0.3) is 5.56 Å². The van der Waals surface area contributed by atoms with Gasteiger partial charge in [0.15, 0.2) is 0 Å². The third-order valence-electron chi connectivity index (χ3n) is 7.00. The number of aromatic amines is 1. The molecule has 0 spiro atoms. The fourth-order valence-corrected chi connectivity index (χ4v) is 5.33. The van der Waals surface area contributed by atoms with E-state index in [2.05, 4.69) is 25.3 Å². The lowest BCUT2D eigenvalue weighted by Crippen LogP contribution is -2.54. The van der Waals surface area contributed by atoms with Crippen LogP contribution in [0.5, 0.6) is 0 Å². The maximum atomic E-state index is 12.6. The first kappa shape index (κ1) is 24.0. The largest absolute Gasteiger partial charge is 0.444 e. The van der Waals surface area contributed by atoms with Crippen LogP contribution in [-0.4, -0.2) is 76.3 Å². The third kappa shape index (κ3) is 4.72. The Morgan fingerprint density at radius 1 is 1.31 bits per heavy atom. The van der Waals surface area contributed by atoms with E-state index in [0.717, 1.165) is 18.7 Å². The van der Waals surface area contributed by atoms with E-state index in [0.29, 0.717) is 50.6 Å². The van der Waals surface area contributed by atoms with Crippen LogP contribution in [0.3, 0.4) is 0 Å². The van der Waals surface area contributed by atoms with Gasteiger partial charge in [0.05, 0.1) is 42.4 Å². The number of amides is 1. The Morgan fingerprint density at radius 3 is 2.77 bits per heavy atom. The smallest absolute Gasteiger partial charge is 0.407 e. The fourth-order valence-electron chi connectivity index (χ4n) is 5.33. The van der Waals surface area contributed by atoms with Crippen LogP contribution in [0.4, 0.5) is 4.79 Å². The summed E-state index contributed by atoms with van der Waals surface area (Å²) < 4.78 is 22.6. The van der Waals surface area contributed by atoms with E-state index in [1.165, 1.54) is 0 Å². The molecule has 4 fully saturated rings. The van der Waals surface area contributed by atoms with Crippen molar-refractivity contribution in [1.29, 1.82) is 0 Å². The molecule has 5 heterocycles. The van der Waals surface area contributed by atoms with Gasteiger partial charge >= 0.3 is 6.09 Å². The van der Waals surface area contributed by atoms with Crippen LogP contribution in [0.15, 0.2) is 21.6 Å². The fraction of sp³-hybridized carbons (Fsp3) is 0.667. The van der Waals surface area contributed by atoms with Gasteiger partial charge in [0.2, 0.25) is 11.7 Å². The van der Waals surface area contributed by atoms with Crippen LogP contribution in [0.1, 0.15) is 52.0 Å². The first-order valence-corrected chi connectivity index (χ1v) is 12.1. The molecule has 3 aliphatic heterocycles. The van der Waals surface area contributed by atoms with Gasteiger partial charge in [-0.1, -0.05) is 5.16 Å². The average Bonchev–Trinajstić information content (AvgIpc) is 3.43. The lowest BCUT2D eigenvalue weighted by Gasteiger charge is -2.42. The quantitative estimate of drug-likeness (QED) is 0.628. The number of ether oxygens (including phenoxy) is 3. The zero-order valence-corrected chi connectivity index (χ0v) is 20.7. The van der Waals surface area contributed by atoms with Gasteiger partial charge in [0, 0.05) is 25.8 Å². The minimum absolute atomic E-state index is 0.165. The van der Waals surface area contributed by atoms with Gasteiger partial charge < -0.3 is 29.0 Å². The second-order valence-corrected chi connectivity index (χ2v) is 10.9. The third-order valence-corrected chi connectivity index (χ3v) is 7.00. The average molecular weight is 488 g/mol. The number of nitrogens with one attached hydrogen (secondary N) is 2. The van der Waals surface area contributed by atoms with E-state index in [4.69, 9.17) is 18.7 Å². The van der Waals surface area contributed by atoms with Crippen LogP contribution in [0.2, 0.25) is 0 Å². The summed E-state index contributed by atoms with van der Waals surface area (Å²) in [5.41, 5.74) is -0.391. The summed E-state index contributed by atoms with van der Waals surface area (Å²) in [4.78, 5) is 34.3. The SMILES string of the molecule is CC1OC2(CNC(=O)OC(C)(C)C)CC1(c1nc(-c3cc(CN4CCOCC4)c[nH]c3=O)no1)C2. The standard InChI is InChI=1S/C24H33N5O6/c1-15-24(12-23(13-24,33-15)14-26-21(31)34-22(2,3)4)20-27-18(28-35-20)17-9-16(10-25-19(17)30)11-29-5-7-32-8-6-29/h9-10,15H,5-8,11-14H2,1-4H3,(H,25,30)(H,26,31). The highest BCUT2D eigenvalue weighted by atomic mass is 16.6. The highest BCUT2D eigenvalue weighted by Crippen LogP contribution is 2.61. The Labute approximate surface area is 203 Å². The predicted molar refractivity (Wildman–Crippen MR) is 125 cm³/mol. The maximum absolute atomic E-state index is 12.6. The first-order valence-electron chi connectivity index (χ1n) is 12.1. The number of hydrogen-bond acceptors (Lipinski definition) is 9. The summed E-state index contributed by atoms with van der Waals surface area (Å²) in [5.74, 6) is 0.728. The maximum Gasteiger partial charge on any atom is 0.407 e. The van der Waals surface area contributed by atoms with E-state index in [1.807, 2.05) is 33.8 Å². The Bertz CT molecular complexity index is 1140. The van der Waals surface area contributed by atoms with Crippen LogP contribution < -0.4 is 10.9 Å². The number of pyridine rings is 1. The first-order chi connectivity index (χ1) is 16.6. The monoisotopic (exact) mass is 487 g/mol. The number of carbonyl (C=O) groups excluding carboxylic acids is 1. The number of carbonyl (C=O) groups is 1. The molecule has 6 rings (SSSR count). The van der Waals surface area contributed by atoms with Gasteiger partial charge in [-0.3, -0.25) is 9.69 Å². The number of rotatable bonds is 6. The molecule has 190 valence electrons. The van der Waals surface area contributed by atoms with Crippen molar-refractivity contribution >= 4 is 6.09 Å². The molecular weight excluding hydrogens is 454 g/mol. The molecule has 11 nitrogen and oxygen atoms in total. The van der Waals surface area contributed by atoms with Crippen molar-refractivity contribution in [3.63, 3.8) is 0 Å². The summed E-state index contributed by atoms with van der Waals surface area (Å²) in [6.07, 6.45) is 2.38. The van der Waals surface area contributed by atoms with Crippen LogP contribution >= 0.6 is 0 Å². The molecule has 2 N–H and O–H groups in total. The van der Waals surface area contributed by atoms with E-state index in [-0.39, 0.29) is 17.5 Å². The minimum Gasteiger partial charge on any atom is -0.444 e. The molecule has 1 amide bonds. The number of fused-ring (bicyclic) bond motifs is 1.